The number of amides is 5. The van der Waals surface area contributed by atoms with Gasteiger partial charge in [-0.3, -0.25) is 30.1 Å². The standard InChI is InChI=1S/C19H22N8O4/c1-12-4-2-3-9-19(12)17(30)26(18(31)21-19)10-15(28)22-23-16(29)13-5-7-14(8-6-13)27-11-20-24-25-27/h5-8,11-12H,2-4,9-10H2,1H3,(H,21,31)(H,22,28)(H,23,29)/t12-,19+/m1/s1. The van der Waals surface area contributed by atoms with Gasteiger partial charge in [-0.1, -0.05) is 19.8 Å². The van der Waals surface area contributed by atoms with Crippen LogP contribution in [0.15, 0.2) is 30.6 Å². The summed E-state index contributed by atoms with van der Waals surface area (Å²) in [4.78, 5) is 50.7. The van der Waals surface area contributed by atoms with Gasteiger partial charge in [0.1, 0.15) is 18.4 Å². The Morgan fingerprint density at radius 2 is 1.97 bits per heavy atom. The highest BCUT2D eigenvalue weighted by Gasteiger charge is 2.55. The lowest BCUT2D eigenvalue weighted by Gasteiger charge is -2.36. The van der Waals surface area contributed by atoms with Gasteiger partial charge in [-0.25, -0.2) is 9.48 Å². The summed E-state index contributed by atoms with van der Waals surface area (Å²) in [7, 11) is 0. The van der Waals surface area contributed by atoms with Crippen molar-refractivity contribution in [1.29, 1.82) is 0 Å². The predicted octanol–water partition coefficient (Wildman–Crippen LogP) is -0.0760. The lowest BCUT2D eigenvalue weighted by atomic mass is 9.73. The van der Waals surface area contributed by atoms with Gasteiger partial charge >= 0.3 is 6.03 Å². The third kappa shape index (κ3) is 3.83. The van der Waals surface area contributed by atoms with Gasteiger partial charge in [0.25, 0.3) is 17.7 Å². The van der Waals surface area contributed by atoms with Crippen molar-refractivity contribution in [2.75, 3.05) is 6.54 Å². The maximum Gasteiger partial charge on any atom is 0.325 e. The molecule has 1 aromatic heterocycles. The van der Waals surface area contributed by atoms with E-state index in [1.165, 1.54) is 11.0 Å². The lowest BCUT2D eigenvalue weighted by Crippen LogP contribution is -2.54. The molecule has 162 valence electrons. The largest absolute Gasteiger partial charge is 0.325 e. The average molecular weight is 426 g/mol. The molecule has 31 heavy (non-hydrogen) atoms. The smallest absolute Gasteiger partial charge is 0.323 e. The van der Waals surface area contributed by atoms with E-state index < -0.39 is 29.9 Å². The van der Waals surface area contributed by atoms with Crippen molar-refractivity contribution in [3.63, 3.8) is 0 Å². The number of hydrogen-bond donors (Lipinski definition) is 3. The van der Waals surface area contributed by atoms with Crippen LogP contribution < -0.4 is 16.2 Å². The van der Waals surface area contributed by atoms with Crippen molar-refractivity contribution in [2.24, 2.45) is 5.92 Å². The van der Waals surface area contributed by atoms with E-state index in [0.717, 1.165) is 24.2 Å². The van der Waals surface area contributed by atoms with Gasteiger partial charge in [0.15, 0.2) is 0 Å². The van der Waals surface area contributed by atoms with Crippen LogP contribution in [-0.2, 0) is 9.59 Å². The van der Waals surface area contributed by atoms with E-state index in [1.54, 1.807) is 24.3 Å². The Kier molecular flexibility index (Phi) is 5.36. The van der Waals surface area contributed by atoms with Crippen LogP contribution in [0.25, 0.3) is 5.69 Å². The normalized spacial score (nSPS) is 23.0. The van der Waals surface area contributed by atoms with Gasteiger partial charge in [-0.05, 0) is 53.5 Å². The van der Waals surface area contributed by atoms with Gasteiger partial charge < -0.3 is 5.32 Å². The molecule has 1 aromatic carbocycles. The number of rotatable bonds is 4. The molecule has 5 amide bonds. The van der Waals surface area contributed by atoms with Gasteiger partial charge in [0, 0.05) is 5.56 Å². The number of tetrazole rings is 1. The summed E-state index contributed by atoms with van der Waals surface area (Å²) in [5.74, 6) is -1.61. The Balaban J connectivity index is 1.32. The number of carbonyl (C=O) groups is 4. The van der Waals surface area contributed by atoms with E-state index in [2.05, 4.69) is 31.7 Å². The van der Waals surface area contributed by atoms with E-state index in [-0.39, 0.29) is 11.8 Å². The molecule has 2 heterocycles. The maximum atomic E-state index is 12.9. The first kappa shape index (κ1) is 20.4. The van der Waals surface area contributed by atoms with Crippen LogP contribution in [0, 0.1) is 5.92 Å². The van der Waals surface area contributed by atoms with Crippen molar-refractivity contribution in [3.05, 3.63) is 36.2 Å². The van der Waals surface area contributed by atoms with Crippen molar-refractivity contribution < 1.29 is 19.2 Å². The SMILES string of the molecule is C[C@@H]1CCCC[C@]12NC(=O)N(CC(=O)NNC(=O)c1ccc(-n3cnnn3)cc1)C2=O. The molecule has 0 unspecified atom stereocenters. The summed E-state index contributed by atoms with van der Waals surface area (Å²) in [6, 6.07) is 5.79. The molecule has 2 aromatic rings. The fourth-order valence-corrected chi connectivity index (χ4v) is 4.07. The van der Waals surface area contributed by atoms with E-state index in [1.807, 2.05) is 6.92 Å². The number of hydrogen-bond acceptors (Lipinski definition) is 7. The number of aromatic nitrogens is 4. The second kappa shape index (κ2) is 8.13. The van der Waals surface area contributed by atoms with E-state index >= 15 is 0 Å². The predicted molar refractivity (Wildman–Crippen MR) is 105 cm³/mol. The van der Waals surface area contributed by atoms with Crippen molar-refractivity contribution in [3.8, 4) is 5.69 Å². The van der Waals surface area contributed by atoms with Gasteiger partial charge in [-0.2, -0.15) is 0 Å². The van der Waals surface area contributed by atoms with E-state index in [0.29, 0.717) is 17.7 Å². The molecule has 2 fully saturated rings. The van der Waals surface area contributed by atoms with Crippen LogP contribution >= 0.6 is 0 Å². The zero-order valence-electron chi connectivity index (χ0n) is 16.9. The molecule has 1 saturated carbocycles. The molecule has 1 aliphatic heterocycles. The summed E-state index contributed by atoms with van der Waals surface area (Å²) in [5, 5.41) is 13.6. The molecule has 0 radical (unpaired) electrons. The molecule has 1 spiro atoms. The number of imide groups is 1. The summed E-state index contributed by atoms with van der Waals surface area (Å²) in [6.07, 6.45) is 4.68. The number of nitrogens with one attached hydrogen (secondary N) is 3. The van der Waals surface area contributed by atoms with Crippen molar-refractivity contribution >= 4 is 23.8 Å². The first-order valence-electron chi connectivity index (χ1n) is 9.97. The van der Waals surface area contributed by atoms with Crippen LogP contribution in [0.1, 0.15) is 43.0 Å². The van der Waals surface area contributed by atoms with Gasteiger partial charge in [0.05, 0.1) is 5.69 Å². The Morgan fingerprint density at radius 1 is 1.19 bits per heavy atom. The highest BCUT2D eigenvalue weighted by atomic mass is 16.2. The molecule has 0 bridgehead atoms. The molecule has 12 nitrogen and oxygen atoms in total. The van der Waals surface area contributed by atoms with Crippen LogP contribution in [0.3, 0.4) is 0 Å². The van der Waals surface area contributed by atoms with E-state index in [4.69, 9.17) is 0 Å². The number of nitrogens with zero attached hydrogens (tertiary/aromatic N) is 5. The zero-order chi connectivity index (χ0) is 22.0. The van der Waals surface area contributed by atoms with Gasteiger partial charge in [0.2, 0.25) is 0 Å². The molecular weight excluding hydrogens is 404 g/mol. The molecule has 2 atom stereocenters. The lowest BCUT2D eigenvalue weighted by molar-refractivity contribution is -0.137. The third-order valence-electron chi connectivity index (χ3n) is 5.86. The fraction of sp³-hybridized carbons (Fsp3) is 0.421. The number of carbonyl (C=O) groups excluding carboxylic acids is 4. The second-order valence-corrected chi connectivity index (χ2v) is 7.74. The molecular formula is C19H22N8O4. The van der Waals surface area contributed by atoms with Gasteiger partial charge in [-0.15, -0.1) is 5.10 Å². The highest BCUT2D eigenvalue weighted by molar-refractivity contribution is 6.09. The molecule has 3 N–H and O–H groups in total. The van der Waals surface area contributed by atoms with Crippen LogP contribution in [0.5, 0.6) is 0 Å². The number of benzene rings is 1. The Labute approximate surface area is 177 Å². The Bertz CT molecular complexity index is 1010. The minimum Gasteiger partial charge on any atom is -0.323 e. The fourth-order valence-electron chi connectivity index (χ4n) is 4.07. The van der Waals surface area contributed by atoms with Crippen molar-refractivity contribution in [1.82, 2.24) is 41.3 Å². The second-order valence-electron chi connectivity index (χ2n) is 7.74. The summed E-state index contributed by atoms with van der Waals surface area (Å²) >= 11 is 0. The van der Waals surface area contributed by atoms with Crippen LogP contribution in [0.4, 0.5) is 4.79 Å². The molecule has 1 saturated heterocycles. The Morgan fingerprint density at radius 3 is 2.65 bits per heavy atom. The number of urea groups is 1. The molecule has 1 aliphatic carbocycles. The Hall–Kier alpha value is -3.83. The molecule has 4 rings (SSSR count). The molecule has 12 heteroatoms. The minimum atomic E-state index is -0.930. The first-order valence-corrected chi connectivity index (χ1v) is 9.97. The molecule has 2 aliphatic rings. The quantitative estimate of drug-likeness (QED) is 0.457. The zero-order valence-corrected chi connectivity index (χ0v) is 16.9. The van der Waals surface area contributed by atoms with Crippen molar-refractivity contribution in [2.45, 2.75) is 38.1 Å². The van der Waals surface area contributed by atoms with Crippen LogP contribution in [-0.4, -0.2) is 60.9 Å². The first-order chi connectivity index (χ1) is 14.9. The highest BCUT2D eigenvalue weighted by Crippen LogP contribution is 2.38. The summed E-state index contributed by atoms with van der Waals surface area (Å²) in [5.41, 5.74) is 4.55. The maximum absolute atomic E-state index is 12.9. The summed E-state index contributed by atoms with van der Waals surface area (Å²) in [6.45, 7) is 1.46. The summed E-state index contributed by atoms with van der Waals surface area (Å²) < 4.78 is 1.43. The minimum absolute atomic E-state index is 0.00161. The monoisotopic (exact) mass is 426 g/mol. The van der Waals surface area contributed by atoms with Crippen LogP contribution in [0.2, 0.25) is 0 Å². The third-order valence-corrected chi connectivity index (χ3v) is 5.86. The van der Waals surface area contributed by atoms with E-state index in [9.17, 15) is 19.2 Å². The average Bonchev–Trinajstić information content (AvgIpc) is 3.38. The topological polar surface area (TPSA) is 151 Å². The number of hydrazine groups is 1.